The van der Waals surface area contributed by atoms with Crippen molar-refractivity contribution in [2.75, 3.05) is 5.43 Å². The molecular formula is C11H11N7. The first-order chi connectivity index (χ1) is 8.84. The summed E-state index contributed by atoms with van der Waals surface area (Å²) in [7, 11) is 0. The quantitative estimate of drug-likeness (QED) is 0.478. The van der Waals surface area contributed by atoms with Crippen LogP contribution in [0.5, 0.6) is 0 Å². The second-order valence-electron chi connectivity index (χ2n) is 3.79. The fraction of sp³-hybridized carbons (Fsp3) is 0.0909. The zero-order valence-electron chi connectivity index (χ0n) is 9.68. The molecule has 0 fully saturated rings. The minimum atomic E-state index is 0.342. The Labute approximate surface area is 102 Å². The highest BCUT2D eigenvalue weighted by Crippen LogP contribution is 2.18. The number of rotatable bonds is 3. The van der Waals surface area contributed by atoms with Gasteiger partial charge in [0.2, 0.25) is 0 Å². The Morgan fingerprint density at radius 1 is 1.33 bits per heavy atom. The monoisotopic (exact) mass is 241 g/mol. The van der Waals surface area contributed by atoms with Crippen LogP contribution in [0.2, 0.25) is 0 Å². The van der Waals surface area contributed by atoms with E-state index < -0.39 is 0 Å². The maximum Gasteiger partial charge on any atom is 0.283 e. The number of para-hydroxylation sites is 1. The Hall–Kier alpha value is -2.70. The minimum absolute atomic E-state index is 0.342. The Kier molecular flexibility index (Phi) is 2.49. The van der Waals surface area contributed by atoms with Gasteiger partial charge in [0.05, 0.1) is 5.71 Å². The number of hydrogen-bond donors (Lipinski definition) is 3. The average Bonchev–Trinajstić information content (AvgIpc) is 3.05. The summed E-state index contributed by atoms with van der Waals surface area (Å²) in [6, 6.07) is 8.07. The van der Waals surface area contributed by atoms with Crippen molar-refractivity contribution >= 4 is 22.6 Å². The van der Waals surface area contributed by atoms with Crippen molar-refractivity contribution in [2.24, 2.45) is 5.10 Å². The van der Waals surface area contributed by atoms with Gasteiger partial charge in [0.25, 0.3) is 5.95 Å². The largest absolute Gasteiger partial charge is 0.360 e. The standard InChI is InChI=1S/C11H11N7/c1-7(13-14-11-15-17-18-16-11)9-6-12-10-5-3-2-4-8(9)10/h2-6,12H,1H3,(H2,14,15,16,17,18). The highest BCUT2D eigenvalue weighted by Gasteiger charge is 2.05. The second kappa shape index (κ2) is 4.28. The number of aromatic nitrogens is 5. The first kappa shape index (κ1) is 10.5. The van der Waals surface area contributed by atoms with Crippen molar-refractivity contribution < 1.29 is 0 Å². The van der Waals surface area contributed by atoms with E-state index in [9.17, 15) is 0 Å². The number of fused-ring (bicyclic) bond motifs is 1. The Balaban J connectivity index is 1.92. The molecule has 0 spiro atoms. The van der Waals surface area contributed by atoms with Gasteiger partial charge in [-0.2, -0.15) is 10.3 Å². The number of nitrogens with one attached hydrogen (secondary N) is 3. The van der Waals surface area contributed by atoms with Crippen LogP contribution in [-0.2, 0) is 0 Å². The summed E-state index contributed by atoms with van der Waals surface area (Å²) >= 11 is 0. The molecule has 7 nitrogen and oxygen atoms in total. The van der Waals surface area contributed by atoms with E-state index in [-0.39, 0.29) is 0 Å². The third kappa shape index (κ3) is 1.81. The molecule has 0 aliphatic rings. The zero-order chi connectivity index (χ0) is 12.4. The van der Waals surface area contributed by atoms with Crippen molar-refractivity contribution in [2.45, 2.75) is 6.92 Å². The molecule has 0 amide bonds. The fourth-order valence-corrected chi connectivity index (χ4v) is 1.77. The van der Waals surface area contributed by atoms with Gasteiger partial charge in [-0.1, -0.05) is 23.3 Å². The highest BCUT2D eigenvalue weighted by molar-refractivity contribution is 6.09. The molecule has 2 heterocycles. The van der Waals surface area contributed by atoms with E-state index in [1.807, 2.05) is 31.3 Å². The van der Waals surface area contributed by atoms with Crippen molar-refractivity contribution in [3.63, 3.8) is 0 Å². The smallest absolute Gasteiger partial charge is 0.283 e. The third-order valence-electron chi connectivity index (χ3n) is 2.65. The van der Waals surface area contributed by atoms with E-state index in [1.165, 1.54) is 0 Å². The lowest BCUT2D eigenvalue weighted by Gasteiger charge is -1.98. The van der Waals surface area contributed by atoms with E-state index in [0.717, 1.165) is 22.2 Å². The van der Waals surface area contributed by atoms with Gasteiger partial charge in [0.15, 0.2) is 0 Å². The SMILES string of the molecule is CC(=NNc1nn[nH]n1)c1c[nH]c2ccccc12. The number of tetrazole rings is 1. The van der Waals surface area contributed by atoms with E-state index in [0.29, 0.717) is 5.95 Å². The Morgan fingerprint density at radius 3 is 3.06 bits per heavy atom. The molecule has 0 atom stereocenters. The van der Waals surface area contributed by atoms with Crippen LogP contribution < -0.4 is 5.43 Å². The van der Waals surface area contributed by atoms with Gasteiger partial charge in [-0.15, -0.1) is 5.10 Å². The van der Waals surface area contributed by atoms with Crippen LogP contribution in [0.25, 0.3) is 10.9 Å². The lowest BCUT2D eigenvalue weighted by molar-refractivity contribution is 0.881. The summed E-state index contributed by atoms with van der Waals surface area (Å²) in [5.74, 6) is 0.342. The molecule has 3 rings (SSSR count). The lowest BCUT2D eigenvalue weighted by Crippen LogP contribution is -2.00. The van der Waals surface area contributed by atoms with Crippen molar-refractivity contribution in [3.8, 4) is 0 Å². The molecule has 18 heavy (non-hydrogen) atoms. The molecule has 1 aromatic carbocycles. The molecule has 0 aliphatic carbocycles. The minimum Gasteiger partial charge on any atom is -0.360 e. The molecule has 0 saturated carbocycles. The average molecular weight is 241 g/mol. The second-order valence-corrected chi connectivity index (χ2v) is 3.79. The van der Waals surface area contributed by atoms with Crippen LogP contribution in [0, 0.1) is 0 Å². The van der Waals surface area contributed by atoms with Crippen molar-refractivity contribution in [1.82, 2.24) is 25.6 Å². The molecule has 0 aliphatic heterocycles. The van der Waals surface area contributed by atoms with Crippen molar-refractivity contribution in [3.05, 3.63) is 36.0 Å². The van der Waals surface area contributed by atoms with E-state index >= 15 is 0 Å². The lowest BCUT2D eigenvalue weighted by atomic mass is 10.1. The predicted octanol–water partition coefficient (Wildman–Crippen LogP) is 1.52. The number of aromatic amines is 2. The first-order valence-corrected chi connectivity index (χ1v) is 5.45. The molecule has 3 N–H and O–H groups in total. The van der Waals surface area contributed by atoms with Gasteiger partial charge in [-0.3, -0.25) is 0 Å². The number of benzene rings is 1. The van der Waals surface area contributed by atoms with E-state index in [2.05, 4.69) is 42.2 Å². The van der Waals surface area contributed by atoms with Crippen molar-refractivity contribution in [1.29, 1.82) is 0 Å². The summed E-state index contributed by atoms with van der Waals surface area (Å²) in [5.41, 5.74) is 5.71. The van der Waals surface area contributed by atoms with Gasteiger partial charge in [0.1, 0.15) is 0 Å². The molecule has 7 heteroatoms. The van der Waals surface area contributed by atoms with Crippen LogP contribution >= 0.6 is 0 Å². The molecule has 0 bridgehead atoms. The number of nitrogens with zero attached hydrogens (tertiary/aromatic N) is 4. The van der Waals surface area contributed by atoms with Gasteiger partial charge < -0.3 is 4.98 Å². The summed E-state index contributed by atoms with van der Waals surface area (Å²) in [4.78, 5) is 3.20. The first-order valence-electron chi connectivity index (χ1n) is 5.45. The number of anilines is 1. The maximum atomic E-state index is 4.22. The molecule has 3 aromatic rings. The van der Waals surface area contributed by atoms with Crippen LogP contribution in [0.3, 0.4) is 0 Å². The fourth-order valence-electron chi connectivity index (χ4n) is 1.77. The Morgan fingerprint density at radius 2 is 2.22 bits per heavy atom. The zero-order valence-corrected chi connectivity index (χ0v) is 9.68. The highest BCUT2D eigenvalue weighted by atomic mass is 15.5. The summed E-state index contributed by atoms with van der Waals surface area (Å²) in [5, 5.41) is 18.7. The molecule has 2 aromatic heterocycles. The summed E-state index contributed by atoms with van der Waals surface area (Å²) in [6.45, 7) is 1.92. The third-order valence-corrected chi connectivity index (χ3v) is 2.65. The van der Waals surface area contributed by atoms with Gasteiger partial charge in [0, 0.05) is 22.7 Å². The Bertz CT molecular complexity index is 680. The maximum absolute atomic E-state index is 4.22. The van der Waals surface area contributed by atoms with Crippen LogP contribution in [-0.4, -0.2) is 31.3 Å². The van der Waals surface area contributed by atoms with Crippen LogP contribution in [0.15, 0.2) is 35.6 Å². The van der Waals surface area contributed by atoms with Crippen LogP contribution in [0.1, 0.15) is 12.5 Å². The normalized spacial score (nSPS) is 11.9. The van der Waals surface area contributed by atoms with Gasteiger partial charge in [-0.25, -0.2) is 5.43 Å². The van der Waals surface area contributed by atoms with Gasteiger partial charge in [-0.05, 0) is 18.2 Å². The van der Waals surface area contributed by atoms with E-state index in [4.69, 9.17) is 0 Å². The molecule has 0 saturated heterocycles. The van der Waals surface area contributed by atoms with Gasteiger partial charge >= 0.3 is 0 Å². The predicted molar refractivity (Wildman–Crippen MR) is 68.3 cm³/mol. The molecule has 0 radical (unpaired) electrons. The topological polar surface area (TPSA) is 94.6 Å². The number of H-pyrrole nitrogens is 2. The summed E-state index contributed by atoms with van der Waals surface area (Å²) < 4.78 is 0. The number of hydrogen-bond acceptors (Lipinski definition) is 5. The molecular weight excluding hydrogens is 230 g/mol. The number of hydrazone groups is 1. The molecule has 0 unspecified atom stereocenters. The van der Waals surface area contributed by atoms with Crippen LogP contribution in [0.4, 0.5) is 5.95 Å². The van der Waals surface area contributed by atoms with E-state index in [1.54, 1.807) is 0 Å². The molecule has 90 valence electrons. The summed E-state index contributed by atoms with van der Waals surface area (Å²) in [6.07, 6.45) is 1.93.